The molecule has 1 aromatic heterocycles. The number of halogens is 1. The summed E-state index contributed by atoms with van der Waals surface area (Å²) < 4.78 is 13.5. The van der Waals surface area contributed by atoms with Crippen LogP contribution in [0.3, 0.4) is 0 Å². The Morgan fingerprint density at radius 3 is 2.80 bits per heavy atom. The molecule has 1 rings (SSSR count). The van der Waals surface area contributed by atoms with Crippen LogP contribution in [0.25, 0.3) is 0 Å². The Labute approximate surface area is 90.9 Å². The maximum atomic E-state index is 13.5. The second kappa shape index (κ2) is 5.81. The highest BCUT2D eigenvalue weighted by atomic mass is 19.1. The van der Waals surface area contributed by atoms with Crippen molar-refractivity contribution in [3.8, 4) is 0 Å². The molecule has 1 aromatic rings. The van der Waals surface area contributed by atoms with Crippen molar-refractivity contribution in [1.82, 2.24) is 10.3 Å². The van der Waals surface area contributed by atoms with E-state index in [1.54, 1.807) is 12.3 Å². The van der Waals surface area contributed by atoms with Crippen LogP contribution in [0.4, 0.5) is 4.39 Å². The van der Waals surface area contributed by atoms with Gasteiger partial charge in [-0.2, -0.15) is 0 Å². The van der Waals surface area contributed by atoms with E-state index in [4.69, 9.17) is 0 Å². The fourth-order valence-corrected chi connectivity index (χ4v) is 1.64. The number of hydrogen-bond donors (Lipinski definition) is 1. The molecule has 0 aliphatic heterocycles. The minimum Gasteiger partial charge on any atom is -0.313 e. The van der Waals surface area contributed by atoms with Crippen LogP contribution in [0.2, 0.25) is 0 Å². The summed E-state index contributed by atoms with van der Waals surface area (Å²) in [6.45, 7) is 4.34. The highest BCUT2D eigenvalue weighted by Gasteiger charge is 2.15. The number of hydrogen-bond acceptors (Lipinski definition) is 2. The minimum absolute atomic E-state index is 0.0861. The summed E-state index contributed by atoms with van der Waals surface area (Å²) in [7, 11) is 1.87. The molecule has 1 N–H and O–H groups in total. The second-order valence-corrected chi connectivity index (χ2v) is 3.99. The molecule has 15 heavy (non-hydrogen) atoms. The average molecular weight is 210 g/mol. The van der Waals surface area contributed by atoms with E-state index in [-0.39, 0.29) is 11.9 Å². The number of aromatic nitrogens is 1. The molecule has 0 aromatic carbocycles. The molecule has 1 heterocycles. The third-order valence-corrected chi connectivity index (χ3v) is 2.86. The summed E-state index contributed by atoms with van der Waals surface area (Å²) in [6, 6.07) is 1.83. The summed E-state index contributed by atoms with van der Waals surface area (Å²) in [5.41, 5.74) is 0.716. The molecule has 0 amide bonds. The molecule has 84 valence electrons. The Hall–Kier alpha value is -0.960. The van der Waals surface area contributed by atoms with E-state index < -0.39 is 0 Å². The van der Waals surface area contributed by atoms with Crippen LogP contribution in [0.1, 0.15) is 38.3 Å². The molecule has 0 radical (unpaired) electrons. The highest BCUT2D eigenvalue weighted by molar-refractivity contribution is 5.17. The molecule has 0 fully saturated rings. The van der Waals surface area contributed by atoms with Crippen LogP contribution >= 0.6 is 0 Å². The number of nitrogens with one attached hydrogen (secondary N) is 1. The highest BCUT2D eigenvalue weighted by Crippen LogP contribution is 2.23. The van der Waals surface area contributed by atoms with Crippen molar-refractivity contribution in [2.75, 3.05) is 7.05 Å². The van der Waals surface area contributed by atoms with Gasteiger partial charge in [0.25, 0.3) is 0 Å². The maximum absolute atomic E-state index is 13.5. The van der Waals surface area contributed by atoms with E-state index in [2.05, 4.69) is 24.1 Å². The van der Waals surface area contributed by atoms with Crippen LogP contribution in [-0.4, -0.2) is 12.0 Å². The fourth-order valence-electron chi connectivity index (χ4n) is 1.64. The largest absolute Gasteiger partial charge is 0.313 e. The van der Waals surface area contributed by atoms with Crippen LogP contribution < -0.4 is 5.32 Å². The lowest BCUT2D eigenvalue weighted by Crippen LogP contribution is -2.20. The van der Waals surface area contributed by atoms with Gasteiger partial charge in [-0.25, -0.2) is 4.39 Å². The number of pyridine rings is 1. The average Bonchev–Trinajstić information content (AvgIpc) is 2.26. The van der Waals surface area contributed by atoms with Gasteiger partial charge in [0, 0.05) is 17.8 Å². The molecule has 2 unspecified atom stereocenters. The lowest BCUT2D eigenvalue weighted by Gasteiger charge is -2.20. The molecule has 0 saturated carbocycles. The molecular weight excluding hydrogens is 191 g/mol. The zero-order valence-corrected chi connectivity index (χ0v) is 9.63. The van der Waals surface area contributed by atoms with Crippen molar-refractivity contribution in [1.29, 1.82) is 0 Å². The van der Waals surface area contributed by atoms with Gasteiger partial charge in [-0.3, -0.25) is 4.98 Å². The zero-order valence-electron chi connectivity index (χ0n) is 9.63. The molecular formula is C12H19FN2. The van der Waals surface area contributed by atoms with Crippen molar-refractivity contribution in [2.24, 2.45) is 5.92 Å². The fraction of sp³-hybridized carbons (Fsp3) is 0.583. The molecule has 0 aliphatic carbocycles. The Kier molecular flexibility index (Phi) is 4.69. The molecule has 3 heteroatoms. The molecule has 0 bridgehead atoms. The normalized spacial score (nSPS) is 14.9. The molecule has 2 atom stereocenters. The SMILES string of the molecule is CCC(C)CC(NC)c1ccncc1F. The number of nitrogens with zero attached hydrogens (tertiary/aromatic N) is 1. The summed E-state index contributed by atoms with van der Waals surface area (Å²) in [5.74, 6) is 0.371. The van der Waals surface area contributed by atoms with Crippen molar-refractivity contribution >= 4 is 0 Å². The molecule has 0 aliphatic rings. The maximum Gasteiger partial charge on any atom is 0.146 e. The van der Waals surface area contributed by atoms with Gasteiger partial charge >= 0.3 is 0 Å². The van der Waals surface area contributed by atoms with Gasteiger partial charge in [-0.05, 0) is 25.5 Å². The van der Waals surface area contributed by atoms with Crippen LogP contribution in [0.5, 0.6) is 0 Å². The zero-order chi connectivity index (χ0) is 11.3. The first kappa shape index (κ1) is 12.1. The first-order valence-electron chi connectivity index (χ1n) is 5.45. The van der Waals surface area contributed by atoms with Crippen molar-refractivity contribution < 1.29 is 4.39 Å². The Bertz CT molecular complexity index is 301. The predicted octanol–water partition coefficient (Wildman–Crippen LogP) is 2.92. The Morgan fingerprint density at radius 2 is 2.27 bits per heavy atom. The molecule has 0 saturated heterocycles. The van der Waals surface area contributed by atoms with Crippen LogP contribution in [-0.2, 0) is 0 Å². The topological polar surface area (TPSA) is 24.9 Å². The van der Waals surface area contributed by atoms with Gasteiger partial charge in [0.15, 0.2) is 0 Å². The van der Waals surface area contributed by atoms with Gasteiger partial charge in [0.1, 0.15) is 5.82 Å². The van der Waals surface area contributed by atoms with E-state index in [9.17, 15) is 4.39 Å². The van der Waals surface area contributed by atoms with Gasteiger partial charge < -0.3 is 5.32 Å². The Balaban J connectivity index is 2.78. The smallest absolute Gasteiger partial charge is 0.146 e. The summed E-state index contributed by atoms with van der Waals surface area (Å²) in [5, 5.41) is 3.16. The lowest BCUT2D eigenvalue weighted by atomic mass is 9.95. The van der Waals surface area contributed by atoms with E-state index in [0.29, 0.717) is 11.5 Å². The van der Waals surface area contributed by atoms with E-state index in [1.165, 1.54) is 6.20 Å². The summed E-state index contributed by atoms with van der Waals surface area (Å²) >= 11 is 0. The lowest BCUT2D eigenvalue weighted by molar-refractivity contribution is 0.410. The van der Waals surface area contributed by atoms with E-state index in [0.717, 1.165) is 12.8 Å². The monoisotopic (exact) mass is 210 g/mol. The van der Waals surface area contributed by atoms with Crippen LogP contribution in [0.15, 0.2) is 18.5 Å². The van der Waals surface area contributed by atoms with E-state index in [1.807, 2.05) is 7.05 Å². The second-order valence-electron chi connectivity index (χ2n) is 3.99. The molecule has 0 spiro atoms. The van der Waals surface area contributed by atoms with Crippen molar-refractivity contribution in [3.05, 3.63) is 29.8 Å². The first-order chi connectivity index (χ1) is 7.19. The van der Waals surface area contributed by atoms with Gasteiger partial charge in [0.2, 0.25) is 0 Å². The standard InChI is InChI=1S/C12H19FN2/c1-4-9(2)7-12(14-3)10-5-6-15-8-11(10)13/h5-6,8-9,12,14H,4,7H2,1-3H3. The Morgan fingerprint density at radius 1 is 1.53 bits per heavy atom. The third kappa shape index (κ3) is 3.27. The first-order valence-corrected chi connectivity index (χ1v) is 5.45. The van der Waals surface area contributed by atoms with Crippen molar-refractivity contribution in [2.45, 2.75) is 32.7 Å². The van der Waals surface area contributed by atoms with Crippen molar-refractivity contribution in [3.63, 3.8) is 0 Å². The van der Waals surface area contributed by atoms with Gasteiger partial charge in [-0.1, -0.05) is 20.3 Å². The quantitative estimate of drug-likeness (QED) is 0.808. The molecule has 2 nitrogen and oxygen atoms in total. The van der Waals surface area contributed by atoms with Crippen LogP contribution in [0, 0.1) is 11.7 Å². The van der Waals surface area contributed by atoms with Gasteiger partial charge in [0.05, 0.1) is 6.20 Å². The predicted molar refractivity (Wildman–Crippen MR) is 60.1 cm³/mol. The minimum atomic E-state index is -0.222. The third-order valence-electron chi connectivity index (χ3n) is 2.86. The van der Waals surface area contributed by atoms with E-state index >= 15 is 0 Å². The summed E-state index contributed by atoms with van der Waals surface area (Å²) in [6.07, 6.45) is 4.98. The number of rotatable bonds is 5. The van der Waals surface area contributed by atoms with Gasteiger partial charge in [-0.15, -0.1) is 0 Å². The summed E-state index contributed by atoms with van der Waals surface area (Å²) in [4.78, 5) is 3.76.